The number of nitrogens with one attached hydrogen (secondary N) is 1. The minimum atomic E-state index is -3.66. The van der Waals surface area contributed by atoms with Crippen LogP contribution in [0, 0.1) is 0 Å². The molecule has 2 aliphatic heterocycles. The molecule has 1 saturated heterocycles. The van der Waals surface area contributed by atoms with Crippen LogP contribution in [0.15, 0.2) is 47.8 Å². The number of benzene rings is 1. The molecule has 0 saturated carbocycles. The summed E-state index contributed by atoms with van der Waals surface area (Å²) < 4.78 is 34.0. The number of hydrogen-bond acceptors (Lipinski definition) is 6. The summed E-state index contributed by atoms with van der Waals surface area (Å²) in [4.78, 5) is 22.4. The van der Waals surface area contributed by atoms with Gasteiger partial charge in [0.05, 0.1) is 12.2 Å². The molecular weight excluding hydrogens is 356 g/mol. The van der Waals surface area contributed by atoms with Crippen molar-refractivity contribution >= 4 is 15.9 Å². The first-order valence-corrected chi connectivity index (χ1v) is 9.86. The average molecular weight is 374 g/mol. The van der Waals surface area contributed by atoms with Gasteiger partial charge in [0, 0.05) is 31.9 Å². The molecule has 0 aliphatic carbocycles. The van der Waals surface area contributed by atoms with Gasteiger partial charge in [0.25, 0.3) is 5.91 Å². The molecule has 136 valence electrons. The van der Waals surface area contributed by atoms with E-state index in [0.717, 1.165) is 0 Å². The third-order valence-corrected chi connectivity index (χ3v) is 6.16. The predicted molar refractivity (Wildman–Crippen MR) is 92.1 cm³/mol. The molecule has 1 fully saturated rings. The van der Waals surface area contributed by atoms with Crippen LogP contribution in [0.25, 0.3) is 0 Å². The Morgan fingerprint density at radius 2 is 2.00 bits per heavy atom. The highest BCUT2D eigenvalue weighted by atomic mass is 32.2. The van der Waals surface area contributed by atoms with Crippen LogP contribution in [0.4, 0.5) is 0 Å². The van der Waals surface area contributed by atoms with Crippen molar-refractivity contribution in [2.24, 2.45) is 0 Å². The number of hydrogen-bond donors (Lipinski definition) is 1. The smallest absolute Gasteiger partial charge is 0.274 e. The van der Waals surface area contributed by atoms with Gasteiger partial charge in [-0.05, 0) is 18.6 Å². The summed E-state index contributed by atoms with van der Waals surface area (Å²) in [6.45, 7) is 0.874. The van der Waals surface area contributed by atoms with Crippen LogP contribution < -0.4 is 9.46 Å². The standard InChI is InChI=1S/C17H18N4O4S/c22-17(13-11-18-7-8-19-13)21-9-5-12-14(6-10-21)25-15-3-1-2-4-16(15)26(23,24)20-12/h1-4,7-8,11-12,14,20H,5-6,9-10H2/t12-,14-/m0/s1. The summed E-state index contributed by atoms with van der Waals surface area (Å²) in [7, 11) is -3.66. The van der Waals surface area contributed by atoms with E-state index in [-0.39, 0.29) is 22.6 Å². The van der Waals surface area contributed by atoms with Gasteiger partial charge < -0.3 is 9.64 Å². The van der Waals surface area contributed by atoms with Crippen LogP contribution in [-0.2, 0) is 10.0 Å². The minimum Gasteiger partial charge on any atom is -0.487 e. The van der Waals surface area contributed by atoms with Gasteiger partial charge in [-0.15, -0.1) is 0 Å². The quantitative estimate of drug-likeness (QED) is 0.793. The van der Waals surface area contributed by atoms with E-state index in [0.29, 0.717) is 31.7 Å². The van der Waals surface area contributed by atoms with Crippen LogP contribution in [0.3, 0.4) is 0 Å². The number of para-hydroxylation sites is 1. The SMILES string of the molecule is O=C(c1cnccn1)N1CC[C@@H]2NS(=O)(=O)c3ccccc3O[C@H]2CC1. The number of nitrogens with zero attached hydrogens (tertiary/aromatic N) is 3. The third-order valence-electron chi connectivity index (χ3n) is 4.64. The highest BCUT2D eigenvalue weighted by molar-refractivity contribution is 7.89. The topological polar surface area (TPSA) is 101 Å². The Bertz CT molecular complexity index is 919. The fraction of sp³-hybridized carbons (Fsp3) is 0.353. The molecule has 0 bridgehead atoms. The van der Waals surface area contributed by atoms with Gasteiger partial charge in [-0.3, -0.25) is 9.78 Å². The Morgan fingerprint density at radius 1 is 1.19 bits per heavy atom. The van der Waals surface area contributed by atoms with Crippen LogP contribution >= 0.6 is 0 Å². The lowest BCUT2D eigenvalue weighted by molar-refractivity contribution is 0.0749. The Labute approximate surface area is 151 Å². The van der Waals surface area contributed by atoms with Crippen molar-refractivity contribution in [2.45, 2.75) is 29.9 Å². The van der Waals surface area contributed by atoms with Gasteiger partial charge in [0.1, 0.15) is 22.4 Å². The first-order valence-electron chi connectivity index (χ1n) is 8.38. The fourth-order valence-electron chi connectivity index (χ4n) is 3.32. The normalized spacial score (nSPS) is 24.4. The minimum absolute atomic E-state index is 0.153. The number of amides is 1. The van der Waals surface area contributed by atoms with E-state index in [2.05, 4.69) is 14.7 Å². The van der Waals surface area contributed by atoms with Crippen LogP contribution in [0.5, 0.6) is 5.75 Å². The molecule has 3 heterocycles. The molecule has 2 atom stereocenters. The monoisotopic (exact) mass is 374 g/mol. The highest BCUT2D eigenvalue weighted by Gasteiger charge is 2.37. The first kappa shape index (κ1) is 16.9. The zero-order valence-corrected chi connectivity index (χ0v) is 14.7. The van der Waals surface area contributed by atoms with Crippen molar-refractivity contribution in [3.05, 3.63) is 48.5 Å². The van der Waals surface area contributed by atoms with E-state index in [4.69, 9.17) is 4.74 Å². The Hall–Kier alpha value is -2.52. The van der Waals surface area contributed by atoms with Crippen LogP contribution in [-0.4, -0.2) is 54.4 Å². The zero-order valence-electron chi connectivity index (χ0n) is 13.9. The average Bonchev–Trinajstić information content (AvgIpc) is 2.90. The number of fused-ring (bicyclic) bond motifs is 2. The lowest BCUT2D eigenvalue weighted by atomic mass is 10.1. The molecule has 2 aliphatic rings. The van der Waals surface area contributed by atoms with E-state index in [9.17, 15) is 13.2 Å². The Kier molecular flexibility index (Phi) is 4.33. The van der Waals surface area contributed by atoms with E-state index >= 15 is 0 Å². The van der Waals surface area contributed by atoms with E-state index < -0.39 is 16.1 Å². The predicted octanol–water partition coefficient (Wildman–Crippen LogP) is 0.821. The summed E-state index contributed by atoms with van der Waals surface area (Å²) in [5, 5.41) is 0. The maximum atomic E-state index is 12.6. The summed E-state index contributed by atoms with van der Waals surface area (Å²) in [6, 6.07) is 6.21. The van der Waals surface area contributed by atoms with Crippen molar-refractivity contribution in [1.82, 2.24) is 19.6 Å². The number of carbonyl (C=O) groups is 1. The summed E-state index contributed by atoms with van der Waals surface area (Å²) in [5.74, 6) is 0.138. The molecule has 8 nitrogen and oxygen atoms in total. The molecule has 1 N–H and O–H groups in total. The maximum Gasteiger partial charge on any atom is 0.274 e. The molecule has 2 aromatic rings. The van der Waals surface area contributed by atoms with Crippen molar-refractivity contribution in [2.75, 3.05) is 13.1 Å². The lowest BCUT2D eigenvalue weighted by Crippen LogP contribution is -2.43. The van der Waals surface area contributed by atoms with Crippen molar-refractivity contribution in [3.8, 4) is 5.75 Å². The zero-order chi connectivity index (χ0) is 18.1. The van der Waals surface area contributed by atoms with Gasteiger partial charge in [-0.1, -0.05) is 12.1 Å². The van der Waals surface area contributed by atoms with Crippen LogP contribution in [0.1, 0.15) is 23.3 Å². The maximum absolute atomic E-state index is 12.6. The molecule has 1 aromatic heterocycles. The van der Waals surface area contributed by atoms with Gasteiger partial charge in [0.2, 0.25) is 10.0 Å². The molecule has 0 unspecified atom stereocenters. The van der Waals surface area contributed by atoms with Crippen molar-refractivity contribution in [3.63, 3.8) is 0 Å². The Balaban J connectivity index is 1.57. The number of aromatic nitrogens is 2. The number of likely N-dealkylation sites (tertiary alicyclic amines) is 1. The largest absolute Gasteiger partial charge is 0.487 e. The summed E-state index contributed by atoms with van der Waals surface area (Å²) in [5.41, 5.74) is 0.279. The molecule has 0 spiro atoms. The van der Waals surface area contributed by atoms with Crippen molar-refractivity contribution < 1.29 is 17.9 Å². The molecular formula is C17H18N4O4S. The van der Waals surface area contributed by atoms with Gasteiger partial charge in [-0.2, -0.15) is 0 Å². The summed E-state index contributed by atoms with van der Waals surface area (Å²) in [6.07, 6.45) is 5.06. The second-order valence-corrected chi connectivity index (χ2v) is 7.97. The highest BCUT2D eigenvalue weighted by Crippen LogP contribution is 2.31. The van der Waals surface area contributed by atoms with E-state index in [1.807, 2.05) is 0 Å². The number of carbonyl (C=O) groups excluding carboxylic acids is 1. The second-order valence-electron chi connectivity index (χ2n) is 6.29. The van der Waals surface area contributed by atoms with E-state index in [1.54, 1.807) is 23.1 Å². The molecule has 1 amide bonds. The number of sulfonamides is 1. The molecule has 1 aromatic carbocycles. The number of ether oxygens (including phenoxy) is 1. The Morgan fingerprint density at radius 3 is 2.81 bits per heavy atom. The third kappa shape index (κ3) is 3.15. The van der Waals surface area contributed by atoms with Crippen LogP contribution in [0.2, 0.25) is 0 Å². The lowest BCUT2D eigenvalue weighted by Gasteiger charge is -2.22. The van der Waals surface area contributed by atoms with Gasteiger partial charge in [0.15, 0.2) is 0 Å². The first-order chi connectivity index (χ1) is 12.5. The molecule has 26 heavy (non-hydrogen) atoms. The number of rotatable bonds is 1. The fourth-order valence-corrected chi connectivity index (χ4v) is 4.76. The van der Waals surface area contributed by atoms with Crippen molar-refractivity contribution in [1.29, 1.82) is 0 Å². The van der Waals surface area contributed by atoms with Gasteiger partial charge >= 0.3 is 0 Å². The van der Waals surface area contributed by atoms with Gasteiger partial charge in [-0.25, -0.2) is 18.1 Å². The molecule has 4 rings (SSSR count). The second kappa shape index (κ2) is 6.65. The van der Waals surface area contributed by atoms with E-state index in [1.165, 1.54) is 24.7 Å². The molecule has 9 heteroatoms. The molecule has 0 radical (unpaired) electrons. The summed E-state index contributed by atoms with van der Waals surface area (Å²) >= 11 is 0.